The third-order valence-corrected chi connectivity index (χ3v) is 6.35. The largest absolute Gasteiger partial charge is 0.318 e. The molecule has 0 spiro atoms. The van der Waals surface area contributed by atoms with Crippen LogP contribution < -0.4 is 5.14 Å². The lowest BCUT2D eigenvalue weighted by molar-refractivity contribution is 1.24. The molecule has 2 aromatic carbocycles. The Morgan fingerprint density at radius 3 is 2.50 bits per heavy atom. The molecule has 4 nitrogen and oxygen atoms in total. The Bertz CT molecular complexity index is 1120. The predicted molar refractivity (Wildman–Crippen MR) is 129 cm³/mol. The van der Waals surface area contributed by atoms with E-state index in [0.717, 1.165) is 26.7 Å². The molecular weight excluding hydrogens is 428 g/mol. The molecule has 0 aliphatic carbocycles. The molecule has 4 rings (SSSR count). The Morgan fingerprint density at radius 1 is 1.23 bits per heavy atom. The number of hydrogen-bond acceptors (Lipinski definition) is 6. The summed E-state index contributed by atoms with van der Waals surface area (Å²) in [4.78, 5) is 5.71. The summed E-state index contributed by atoms with van der Waals surface area (Å²) in [5.74, 6) is 0. The zero-order valence-electron chi connectivity index (χ0n) is 16.8. The van der Waals surface area contributed by atoms with Crippen molar-refractivity contribution in [3.8, 4) is 17.3 Å². The fourth-order valence-corrected chi connectivity index (χ4v) is 4.03. The molecule has 0 radical (unpaired) electrons. The number of aryl methyl sites for hydroxylation is 2. The summed E-state index contributed by atoms with van der Waals surface area (Å²) >= 11 is 4.35. The molecule has 2 aromatic heterocycles. The maximum absolute atomic E-state index is 9.54. The summed E-state index contributed by atoms with van der Waals surface area (Å²) in [5, 5.41) is 19.8. The molecular formula is C23H22N4S3. The smallest absolute Gasteiger partial charge is 0.134 e. The van der Waals surface area contributed by atoms with Gasteiger partial charge in [0.25, 0.3) is 0 Å². The predicted octanol–water partition coefficient (Wildman–Crippen LogP) is 6.62. The zero-order valence-corrected chi connectivity index (χ0v) is 19.2. The number of nitriles is 1. The van der Waals surface area contributed by atoms with Gasteiger partial charge in [-0.15, -0.1) is 11.3 Å². The SMILES string of the molecule is Cc1ccc(-c2csc(/C(C#N)=C\Cc3ccc(SN)cc3)n2)c(C)c1.c1cs[nH]1. The molecule has 0 fully saturated rings. The van der Waals surface area contributed by atoms with Crippen LogP contribution in [0.25, 0.3) is 16.8 Å². The molecule has 0 aliphatic rings. The number of rotatable bonds is 5. The lowest BCUT2D eigenvalue weighted by Gasteiger charge is -2.03. The van der Waals surface area contributed by atoms with Crippen molar-refractivity contribution in [3.05, 3.63) is 87.2 Å². The monoisotopic (exact) mass is 450 g/mol. The van der Waals surface area contributed by atoms with Gasteiger partial charge in [-0.25, -0.2) is 4.98 Å². The van der Waals surface area contributed by atoms with Crippen LogP contribution in [0.2, 0.25) is 0 Å². The Hall–Kier alpha value is -2.63. The van der Waals surface area contributed by atoms with Gasteiger partial charge < -0.3 is 4.37 Å². The van der Waals surface area contributed by atoms with Crippen LogP contribution in [0.15, 0.2) is 70.4 Å². The number of nitrogens with zero attached hydrogens (tertiary/aromatic N) is 2. The minimum atomic E-state index is 0.614. The average Bonchev–Trinajstić information content (AvgIpc) is 3.17. The Labute approximate surface area is 189 Å². The molecule has 0 aliphatic heterocycles. The van der Waals surface area contributed by atoms with Gasteiger partial charge in [0.05, 0.1) is 11.3 Å². The zero-order chi connectivity index (χ0) is 21.3. The number of H-pyrrole nitrogens is 1. The highest BCUT2D eigenvalue weighted by Gasteiger charge is 2.10. The number of hydrogen-bond donors (Lipinski definition) is 2. The highest BCUT2D eigenvalue weighted by Crippen LogP contribution is 2.29. The summed E-state index contributed by atoms with van der Waals surface area (Å²) in [6.45, 7) is 4.17. The lowest BCUT2D eigenvalue weighted by atomic mass is 10.0. The van der Waals surface area contributed by atoms with Gasteiger partial charge in [0.2, 0.25) is 0 Å². The van der Waals surface area contributed by atoms with Crippen LogP contribution >= 0.6 is 34.8 Å². The van der Waals surface area contributed by atoms with E-state index in [1.807, 2.05) is 47.3 Å². The van der Waals surface area contributed by atoms with Crippen molar-refractivity contribution in [2.24, 2.45) is 5.14 Å². The van der Waals surface area contributed by atoms with Gasteiger partial charge in [0, 0.05) is 27.4 Å². The van der Waals surface area contributed by atoms with E-state index in [2.05, 4.69) is 47.5 Å². The van der Waals surface area contributed by atoms with E-state index in [9.17, 15) is 5.26 Å². The normalized spacial score (nSPS) is 10.9. The fraction of sp³-hybridized carbons (Fsp3) is 0.130. The van der Waals surface area contributed by atoms with Crippen molar-refractivity contribution in [1.29, 1.82) is 5.26 Å². The van der Waals surface area contributed by atoms with Crippen LogP contribution in [-0.2, 0) is 6.42 Å². The first-order chi connectivity index (χ1) is 14.6. The van der Waals surface area contributed by atoms with Crippen molar-refractivity contribution >= 4 is 40.4 Å². The van der Waals surface area contributed by atoms with Crippen molar-refractivity contribution in [2.45, 2.75) is 25.2 Å². The van der Waals surface area contributed by atoms with Crippen molar-refractivity contribution in [1.82, 2.24) is 9.36 Å². The molecule has 3 N–H and O–H groups in total. The summed E-state index contributed by atoms with van der Waals surface area (Å²) in [6.07, 6.45) is 4.52. The second kappa shape index (κ2) is 11.0. The first kappa shape index (κ1) is 22.1. The van der Waals surface area contributed by atoms with Gasteiger partial charge >= 0.3 is 0 Å². The topological polar surface area (TPSA) is 78.5 Å². The van der Waals surface area contributed by atoms with Crippen molar-refractivity contribution < 1.29 is 0 Å². The lowest BCUT2D eigenvalue weighted by Crippen LogP contribution is -1.88. The Morgan fingerprint density at radius 2 is 1.93 bits per heavy atom. The number of aromatic nitrogens is 2. The first-order valence-corrected chi connectivity index (χ1v) is 11.9. The van der Waals surface area contributed by atoms with E-state index < -0.39 is 0 Å². The van der Waals surface area contributed by atoms with E-state index in [4.69, 9.17) is 5.14 Å². The third kappa shape index (κ3) is 5.94. The van der Waals surface area contributed by atoms with Crippen LogP contribution in [-0.4, -0.2) is 9.36 Å². The number of benzene rings is 2. The van der Waals surface area contributed by atoms with E-state index in [0.29, 0.717) is 12.0 Å². The van der Waals surface area contributed by atoms with Crippen molar-refractivity contribution in [2.75, 3.05) is 0 Å². The fourth-order valence-electron chi connectivity index (χ4n) is 2.79. The van der Waals surface area contributed by atoms with Gasteiger partial charge in [-0.1, -0.05) is 53.5 Å². The third-order valence-electron chi connectivity index (χ3n) is 4.39. The van der Waals surface area contributed by atoms with E-state index >= 15 is 0 Å². The van der Waals surface area contributed by atoms with Gasteiger partial charge in [-0.3, -0.25) is 5.14 Å². The minimum Gasteiger partial charge on any atom is -0.318 e. The molecule has 7 heteroatoms. The molecule has 2 heterocycles. The van der Waals surface area contributed by atoms with Crippen LogP contribution in [0.4, 0.5) is 0 Å². The number of nitrogens with one attached hydrogen (secondary N) is 1. The maximum atomic E-state index is 9.54. The van der Waals surface area contributed by atoms with E-state index in [1.165, 1.54) is 34.4 Å². The van der Waals surface area contributed by atoms with Crippen LogP contribution in [0, 0.1) is 25.2 Å². The summed E-state index contributed by atoms with van der Waals surface area (Å²) < 4.78 is 2.85. The summed E-state index contributed by atoms with van der Waals surface area (Å²) in [6, 6.07) is 16.7. The molecule has 0 atom stereocenters. The number of allylic oxidation sites excluding steroid dienone is 2. The quantitative estimate of drug-likeness (QED) is 0.264. The Balaban J connectivity index is 0.000000572. The minimum absolute atomic E-state index is 0.614. The molecule has 152 valence electrons. The second-order valence-electron chi connectivity index (χ2n) is 6.59. The molecule has 0 bridgehead atoms. The molecule has 0 saturated carbocycles. The van der Waals surface area contributed by atoms with Gasteiger partial charge in [0.1, 0.15) is 11.1 Å². The second-order valence-corrected chi connectivity index (χ2v) is 8.90. The van der Waals surface area contributed by atoms with Crippen LogP contribution in [0.1, 0.15) is 21.7 Å². The van der Waals surface area contributed by atoms with Crippen molar-refractivity contribution in [3.63, 3.8) is 0 Å². The summed E-state index contributed by atoms with van der Waals surface area (Å²) in [7, 11) is 0. The summed E-state index contributed by atoms with van der Waals surface area (Å²) in [5.41, 5.74) is 6.23. The van der Waals surface area contributed by atoms with Crippen LogP contribution in [0.5, 0.6) is 0 Å². The molecule has 30 heavy (non-hydrogen) atoms. The highest BCUT2D eigenvalue weighted by molar-refractivity contribution is 7.97. The Kier molecular flexibility index (Phi) is 8.05. The van der Waals surface area contributed by atoms with E-state index in [1.54, 1.807) is 11.5 Å². The molecule has 0 saturated heterocycles. The number of aromatic amines is 1. The molecule has 0 amide bonds. The molecule has 4 aromatic rings. The number of thiazole rings is 1. The van der Waals surface area contributed by atoms with E-state index in [-0.39, 0.29) is 0 Å². The maximum Gasteiger partial charge on any atom is 0.134 e. The average molecular weight is 451 g/mol. The highest BCUT2D eigenvalue weighted by atomic mass is 32.2. The first-order valence-electron chi connectivity index (χ1n) is 9.26. The number of nitrogens with two attached hydrogens (primary N) is 1. The standard InChI is InChI=1S/C21H19N3S2.C2H3NS/c1-14-3-10-19(15(2)11-14)20-13-25-21(24-20)17(12-22)7-4-16-5-8-18(26-23)9-6-16;1-2-4-3-1/h3,5-11,13H,4,23H2,1-2H3;1-3H/b17-7-;. The van der Waals surface area contributed by atoms with Crippen LogP contribution in [0.3, 0.4) is 0 Å². The van der Waals surface area contributed by atoms with Gasteiger partial charge in [0.15, 0.2) is 0 Å². The molecule has 0 unspecified atom stereocenters. The van der Waals surface area contributed by atoms with Gasteiger partial charge in [-0.05, 0) is 55.5 Å². The van der Waals surface area contributed by atoms with Gasteiger partial charge in [-0.2, -0.15) is 5.26 Å².